The maximum atomic E-state index is 3.48. The van der Waals surface area contributed by atoms with Gasteiger partial charge < -0.3 is 16.0 Å². The summed E-state index contributed by atoms with van der Waals surface area (Å²) in [6.07, 6.45) is 9.64. The van der Waals surface area contributed by atoms with Crippen LogP contribution in [0.2, 0.25) is 0 Å². The van der Waals surface area contributed by atoms with E-state index in [9.17, 15) is 0 Å². The average Bonchev–Trinajstić information content (AvgIpc) is 2.64. The van der Waals surface area contributed by atoms with Crippen LogP contribution in [0, 0.1) is 0 Å². The van der Waals surface area contributed by atoms with Gasteiger partial charge in [0.2, 0.25) is 0 Å². The van der Waals surface area contributed by atoms with Gasteiger partial charge in [0.25, 0.3) is 0 Å². The predicted octanol–water partition coefficient (Wildman–Crippen LogP) is 4.53. The van der Waals surface area contributed by atoms with Crippen molar-refractivity contribution in [1.82, 2.24) is 5.32 Å². The Kier molecular flexibility index (Phi) is 5.73. The minimum absolute atomic E-state index is 0.798. The first-order chi connectivity index (χ1) is 11.9. The molecule has 0 saturated heterocycles. The Morgan fingerprint density at radius 3 is 2.00 bits per heavy atom. The van der Waals surface area contributed by atoms with Gasteiger partial charge in [0.15, 0.2) is 0 Å². The lowest BCUT2D eigenvalue weighted by molar-refractivity contribution is 0.907. The van der Waals surface area contributed by atoms with E-state index in [-0.39, 0.29) is 0 Å². The van der Waals surface area contributed by atoms with Crippen LogP contribution in [-0.2, 0) is 0 Å². The molecule has 0 saturated carbocycles. The Balaban J connectivity index is 1.48. The third kappa shape index (κ3) is 5.06. The van der Waals surface area contributed by atoms with Crippen molar-refractivity contribution >= 4 is 11.4 Å². The molecule has 2 aromatic carbocycles. The second-order valence-electron chi connectivity index (χ2n) is 5.61. The fourth-order valence-corrected chi connectivity index (χ4v) is 2.53. The number of hydrogen-bond acceptors (Lipinski definition) is 3. The zero-order chi connectivity index (χ0) is 16.5. The van der Waals surface area contributed by atoms with E-state index in [0.717, 1.165) is 36.6 Å². The van der Waals surface area contributed by atoms with Crippen molar-refractivity contribution in [3.8, 4) is 0 Å². The molecule has 1 aliphatic rings. The molecular formula is C21H23N3. The number of rotatable bonds is 6. The molecule has 1 heterocycles. The normalized spacial score (nSPS) is 16.8. The van der Waals surface area contributed by atoms with Gasteiger partial charge in [-0.15, -0.1) is 0 Å². The zero-order valence-electron chi connectivity index (χ0n) is 13.7. The van der Waals surface area contributed by atoms with Gasteiger partial charge in [-0.3, -0.25) is 0 Å². The van der Waals surface area contributed by atoms with E-state index in [0.29, 0.717) is 0 Å². The van der Waals surface area contributed by atoms with Gasteiger partial charge in [0.05, 0.1) is 0 Å². The summed E-state index contributed by atoms with van der Waals surface area (Å²) >= 11 is 0. The number of hydrogen-bond donors (Lipinski definition) is 3. The van der Waals surface area contributed by atoms with Crippen molar-refractivity contribution in [2.45, 2.75) is 6.42 Å². The quantitative estimate of drug-likeness (QED) is 0.732. The van der Waals surface area contributed by atoms with E-state index in [1.165, 1.54) is 5.70 Å². The topological polar surface area (TPSA) is 36.1 Å². The highest BCUT2D eigenvalue weighted by molar-refractivity contribution is 5.44. The van der Waals surface area contributed by atoms with E-state index in [1.54, 1.807) is 0 Å². The molecule has 0 radical (unpaired) electrons. The lowest BCUT2D eigenvalue weighted by Gasteiger charge is -2.16. The molecule has 0 amide bonds. The van der Waals surface area contributed by atoms with Crippen molar-refractivity contribution in [2.24, 2.45) is 0 Å². The Morgan fingerprint density at radius 2 is 1.38 bits per heavy atom. The van der Waals surface area contributed by atoms with Crippen LogP contribution in [-0.4, -0.2) is 13.1 Å². The Labute approximate surface area is 143 Å². The van der Waals surface area contributed by atoms with E-state index >= 15 is 0 Å². The largest absolute Gasteiger partial charge is 0.381 e. The molecule has 3 rings (SSSR count). The standard InChI is InChI=1S/C21H23N3/c1-3-8-18(9-4-1)22-16-14-20-12-7-13-21(24-20)15-17-23-19-10-5-2-6-11-19/h1-12,14-15,22-24H,13,16-17H2. The summed E-state index contributed by atoms with van der Waals surface area (Å²) in [5, 5.41) is 10.3. The summed E-state index contributed by atoms with van der Waals surface area (Å²) in [5.41, 5.74) is 4.64. The lowest BCUT2D eigenvalue weighted by Crippen LogP contribution is -2.17. The first-order valence-corrected chi connectivity index (χ1v) is 8.31. The summed E-state index contributed by atoms with van der Waals surface area (Å²) in [6.45, 7) is 1.61. The molecule has 24 heavy (non-hydrogen) atoms. The van der Waals surface area contributed by atoms with Crippen LogP contribution >= 0.6 is 0 Å². The van der Waals surface area contributed by atoms with Gasteiger partial charge in [-0.2, -0.15) is 0 Å². The molecule has 3 heteroatoms. The Bertz CT molecular complexity index is 715. The number of allylic oxidation sites excluding steroid dienone is 2. The van der Waals surface area contributed by atoms with Gasteiger partial charge in [-0.1, -0.05) is 42.5 Å². The molecule has 0 bridgehead atoms. The molecule has 0 fully saturated rings. The lowest BCUT2D eigenvalue weighted by atomic mass is 10.1. The van der Waals surface area contributed by atoms with Gasteiger partial charge in [-0.05, 0) is 42.5 Å². The molecule has 2 aromatic rings. The minimum Gasteiger partial charge on any atom is -0.381 e. The Morgan fingerprint density at radius 1 is 0.792 bits per heavy atom. The van der Waals surface area contributed by atoms with E-state index in [2.05, 4.69) is 64.5 Å². The van der Waals surface area contributed by atoms with Crippen LogP contribution in [0.5, 0.6) is 0 Å². The zero-order valence-corrected chi connectivity index (χ0v) is 13.7. The van der Waals surface area contributed by atoms with Gasteiger partial charge >= 0.3 is 0 Å². The smallest absolute Gasteiger partial charge is 0.0355 e. The van der Waals surface area contributed by atoms with Crippen molar-refractivity contribution < 1.29 is 0 Å². The van der Waals surface area contributed by atoms with Crippen LogP contribution in [0.3, 0.4) is 0 Å². The molecule has 1 aliphatic heterocycles. The van der Waals surface area contributed by atoms with E-state index in [4.69, 9.17) is 0 Å². The minimum atomic E-state index is 0.798. The number of nitrogens with one attached hydrogen (secondary N) is 3. The summed E-state index contributed by atoms with van der Waals surface area (Å²) in [6, 6.07) is 20.5. The third-order valence-electron chi connectivity index (χ3n) is 3.77. The van der Waals surface area contributed by atoms with Crippen molar-refractivity contribution in [3.05, 3.63) is 96.4 Å². The van der Waals surface area contributed by atoms with Crippen LogP contribution in [0.4, 0.5) is 11.4 Å². The number of benzene rings is 2. The van der Waals surface area contributed by atoms with Crippen molar-refractivity contribution in [1.29, 1.82) is 0 Å². The van der Waals surface area contributed by atoms with Crippen molar-refractivity contribution in [2.75, 3.05) is 23.7 Å². The summed E-state index contributed by atoms with van der Waals surface area (Å²) in [4.78, 5) is 0. The summed E-state index contributed by atoms with van der Waals surface area (Å²) in [7, 11) is 0. The molecule has 0 unspecified atom stereocenters. The summed E-state index contributed by atoms with van der Waals surface area (Å²) in [5.74, 6) is 0. The van der Waals surface area contributed by atoms with Crippen LogP contribution in [0.15, 0.2) is 96.4 Å². The highest BCUT2D eigenvalue weighted by Crippen LogP contribution is 2.12. The van der Waals surface area contributed by atoms with Crippen LogP contribution < -0.4 is 16.0 Å². The molecule has 0 aliphatic carbocycles. The first-order valence-electron chi connectivity index (χ1n) is 8.31. The maximum Gasteiger partial charge on any atom is 0.0355 e. The fourth-order valence-electron chi connectivity index (χ4n) is 2.53. The van der Waals surface area contributed by atoms with Crippen molar-refractivity contribution in [3.63, 3.8) is 0 Å². The van der Waals surface area contributed by atoms with Crippen LogP contribution in [0.25, 0.3) is 0 Å². The molecule has 0 atom stereocenters. The van der Waals surface area contributed by atoms with E-state index in [1.807, 2.05) is 36.4 Å². The van der Waals surface area contributed by atoms with Gasteiger partial charge in [0, 0.05) is 42.3 Å². The molecule has 0 aromatic heterocycles. The SMILES string of the molecule is C1=CC(=CCNc2ccccc2)NC(=CCNc2ccccc2)C1. The predicted molar refractivity (Wildman–Crippen MR) is 103 cm³/mol. The highest BCUT2D eigenvalue weighted by Gasteiger charge is 2.02. The van der Waals surface area contributed by atoms with Gasteiger partial charge in [-0.25, -0.2) is 0 Å². The Hall–Kier alpha value is -2.94. The first kappa shape index (κ1) is 15.9. The molecular weight excluding hydrogens is 294 g/mol. The van der Waals surface area contributed by atoms with Gasteiger partial charge in [0.1, 0.15) is 0 Å². The third-order valence-corrected chi connectivity index (χ3v) is 3.77. The number of anilines is 2. The summed E-state index contributed by atoms with van der Waals surface area (Å²) < 4.78 is 0. The highest BCUT2D eigenvalue weighted by atomic mass is 14.9. The molecule has 122 valence electrons. The number of para-hydroxylation sites is 2. The second-order valence-corrected chi connectivity index (χ2v) is 5.61. The molecule has 0 spiro atoms. The molecule has 3 nitrogen and oxygen atoms in total. The average molecular weight is 317 g/mol. The van der Waals surface area contributed by atoms with Crippen LogP contribution in [0.1, 0.15) is 6.42 Å². The second kappa shape index (κ2) is 8.63. The molecule has 3 N–H and O–H groups in total. The monoisotopic (exact) mass is 317 g/mol. The maximum absolute atomic E-state index is 3.48. The fraction of sp³-hybridized carbons (Fsp3) is 0.143. The van der Waals surface area contributed by atoms with E-state index < -0.39 is 0 Å².